The van der Waals surface area contributed by atoms with Crippen LogP contribution in [0.25, 0.3) is 0 Å². The molecule has 0 amide bonds. The van der Waals surface area contributed by atoms with Crippen LogP contribution in [0, 0.1) is 6.92 Å². The third-order valence-corrected chi connectivity index (χ3v) is 3.08. The van der Waals surface area contributed by atoms with Crippen LogP contribution < -0.4 is 0 Å². The van der Waals surface area contributed by atoms with Crippen molar-refractivity contribution in [1.29, 1.82) is 0 Å². The van der Waals surface area contributed by atoms with E-state index in [1.165, 1.54) is 5.56 Å². The Morgan fingerprint density at radius 1 is 0.950 bits per heavy atom. The Balaban J connectivity index is 2.02. The Morgan fingerprint density at radius 2 is 1.55 bits per heavy atom. The molecule has 0 aromatic heterocycles. The molecule has 2 rings (SSSR count). The largest absolute Gasteiger partial charge is 0.373 e. The van der Waals surface area contributed by atoms with Crippen LogP contribution in [0.4, 0.5) is 0 Å². The lowest BCUT2D eigenvalue weighted by atomic mass is 9.97. The minimum atomic E-state index is -0.696. The van der Waals surface area contributed by atoms with Gasteiger partial charge in [0.15, 0.2) is 0 Å². The predicted molar refractivity (Wildman–Crippen MR) is 77.1 cm³/mol. The van der Waals surface area contributed by atoms with E-state index >= 15 is 0 Å². The average molecular weight is 270 g/mol. The van der Waals surface area contributed by atoms with Crippen molar-refractivity contribution in [3.05, 3.63) is 71.3 Å². The predicted octanol–water partition coefficient (Wildman–Crippen LogP) is 4.02. The van der Waals surface area contributed by atoms with E-state index in [0.29, 0.717) is 5.56 Å². The number of benzene rings is 2. The van der Waals surface area contributed by atoms with Crippen LogP contribution in [-0.4, -0.2) is 5.97 Å². The lowest BCUT2D eigenvalue weighted by Gasteiger charge is -2.23. The monoisotopic (exact) mass is 270 g/mol. The molecule has 3 heteroatoms. The Kier molecular flexibility index (Phi) is 4.20. The lowest BCUT2D eigenvalue weighted by Crippen LogP contribution is -2.23. The van der Waals surface area contributed by atoms with Gasteiger partial charge in [0.25, 0.3) is 0 Å². The van der Waals surface area contributed by atoms with Crippen molar-refractivity contribution in [1.82, 2.24) is 0 Å². The molecule has 104 valence electrons. The summed E-state index contributed by atoms with van der Waals surface area (Å²) >= 11 is 0. The van der Waals surface area contributed by atoms with Crippen molar-refractivity contribution in [2.45, 2.75) is 26.4 Å². The molecule has 2 aromatic carbocycles. The summed E-state index contributed by atoms with van der Waals surface area (Å²) in [5, 5.41) is 0. The molecule has 0 N–H and O–H groups in total. The van der Waals surface area contributed by atoms with Gasteiger partial charge in [-0.2, -0.15) is 4.89 Å². The van der Waals surface area contributed by atoms with Crippen molar-refractivity contribution in [3.8, 4) is 0 Å². The maximum Gasteiger partial charge on any atom is 0.373 e. The molecule has 20 heavy (non-hydrogen) atoms. The SMILES string of the molecule is Cc1ccc(C(C)(C)OOC(=O)c2ccccc2)cc1. The van der Waals surface area contributed by atoms with Gasteiger partial charge in [-0.05, 0) is 38.5 Å². The van der Waals surface area contributed by atoms with E-state index in [1.54, 1.807) is 24.3 Å². The van der Waals surface area contributed by atoms with E-state index in [4.69, 9.17) is 9.78 Å². The number of aryl methyl sites for hydroxylation is 1. The summed E-state index contributed by atoms with van der Waals surface area (Å²) in [4.78, 5) is 22.1. The maximum absolute atomic E-state index is 11.8. The molecule has 0 saturated carbocycles. The van der Waals surface area contributed by atoms with Gasteiger partial charge in [-0.15, -0.1) is 0 Å². The van der Waals surface area contributed by atoms with E-state index < -0.39 is 11.6 Å². The van der Waals surface area contributed by atoms with E-state index in [-0.39, 0.29) is 0 Å². The van der Waals surface area contributed by atoms with Crippen molar-refractivity contribution < 1.29 is 14.6 Å². The zero-order chi connectivity index (χ0) is 14.6. The normalized spacial score (nSPS) is 11.2. The summed E-state index contributed by atoms with van der Waals surface area (Å²) in [6.07, 6.45) is 0. The van der Waals surface area contributed by atoms with Crippen LogP contribution in [-0.2, 0) is 15.4 Å². The van der Waals surface area contributed by atoms with E-state index in [0.717, 1.165) is 5.56 Å². The topological polar surface area (TPSA) is 35.5 Å². The second-order valence-electron chi connectivity index (χ2n) is 5.20. The number of carbonyl (C=O) groups excluding carboxylic acids is 1. The molecule has 0 saturated heterocycles. The molecule has 0 unspecified atom stereocenters. The van der Waals surface area contributed by atoms with Crippen molar-refractivity contribution in [2.24, 2.45) is 0 Å². The molecule has 0 spiro atoms. The van der Waals surface area contributed by atoms with Crippen molar-refractivity contribution in [2.75, 3.05) is 0 Å². The van der Waals surface area contributed by atoms with Gasteiger partial charge in [0.1, 0.15) is 5.60 Å². The fourth-order valence-corrected chi connectivity index (χ4v) is 1.77. The Bertz CT molecular complexity index is 571. The fourth-order valence-electron chi connectivity index (χ4n) is 1.77. The molecule has 0 fully saturated rings. The van der Waals surface area contributed by atoms with Gasteiger partial charge in [-0.1, -0.05) is 48.0 Å². The second kappa shape index (κ2) is 5.88. The number of hydrogen-bond acceptors (Lipinski definition) is 3. The molecule has 2 aromatic rings. The zero-order valence-corrected chi connectivity index (χ0v) is 11.9. The van der Waals surface area contributed by atoms with Crippen molar-refractivity contribution >= 4 is 5.97 Å². The molecule has 0 aliphatic carbocycles. The molecule has 0 atom stereocenters. The van der Waals surface area contributed by atoms with Gasteiger partial charge in [0.2, 0.25) is 0 Å². The van der Waals surface area contributed by atoms with Gasteiger partial charge in [0, 0.05) is 0 Å². The van der Waals surface area contributed by atoms with Crippen molar-refractivity contribution in [3.63, 3.8) is 0 Å². The first-order valence-corrected chi connectivity index (χ1v) is 6.51. The minimum Gasteiger partial charge on any atom is -0.292 e. The Labute approximate surface area is 119 Å². The quantitative estimate of drug-likeness (QED) is 0.622. The summed E-state index contributed by atoms with van der Waals surface area (Å²) in [6, 6.07) is 16.7. The van der Waals surface area contributed by atoms with Gasteiger partial charge in [-0.25, -0.2) is 4.79 Å². The summed E-state index contributed by atoms with van der Waals surface area (Å²) in [7, 11) is 0. The highest BCUT2D eigenvalue weighted by molar-refractivity contribution is 5.88. The lowest BCUT2D eigenvalue weighted by molar-refractivity contribution is -0.312. The van der Waals surface area contributed by atoms with Gasteiger partial charge in [0.05, 0.1) is 5.56 Å². The summed E-state index contributed by atoms with van der Waals surface area (Å²) in [5.41, 5.74) is 1.89. The number of hydrogen-bond donors (Lipinski definition) is 0. The van der Waals surface area contributed by atoms with Crippen LogP contribution in [0.2, 0.25) is 0 Å². The van der Waals surface area contributed by atoms with Gasteiger partial charge < -0.3 is 0 Å². The highest BCUT2D eigenvalue weighted by Crippen LogP contribution is 2.25. The molecule has 0 aliphatic heterocycles. The minimum absolute atomic E-state index is 0.465. The van der Waals surface area contributed by atoms with Crippen LogP contribution >= 0.6 is 0 Å². The Hall–Kier alpha value is -2.13. The molecule has 0 heterocycles. The molecular weight excluding hydrogens is 252 g/mol. The first kappa shape index (κ1) is 14.3. The van der Waals surface area contributed by atoms with Crippen LogP contribution in [0.3, 0.4) is 0 Å². The highest BCUT2D eigenvalue weighted by atomic mass is 17.2. The number of carbonyl (C=O) groups is 1. The Morgan fingerprint density at radius 3 is 2.15 bits per heavy atom. The average Bonchev–Trinajstić information content (AvgIpc) is 2.46. The summed E-state index contributed by atoms with van der Waals surface area (Å²) in [6.45, 7) is 5.74. The third-order valence-electron chi connectivity index (χ3n) is 3.08. The second-order valence-corrected chi connectivity index (χ2v) is 5.20. The molecular formula is C17H18O3. The first-order valence-electron chi connectivity index (χ1n) is 6.51. The molecule has 3 nitrogen and oxygen atoms in total. The molecule has 0 aliphatic rings. The zero-order valence-electron chi connectivity index (χ0n) is 11.9. The molecule has 0 radical (unpaired) electrons. The first-order chi connectivity index (χ1) is 9.49. The summed E-state index contributed by atoms with van der Waals surface area (Å²) < 4.78 is 0. The van der Waals surface area contributed by atoms with Crippen LogP contribution in [0.1, 0.15) is 35.3 Å². The highest BCUT2D eigenvalue weighted by Gasteiger charge is 2.25. The van der Waals surface area contributed by atoms with E-state index in [2.05, 4.69) is 0 Å². The number of rotatable bonds is 4. The van der Waals surface area contributed by atoms with Gasteiger partial charge >= 0.3 is 5.97 Å². The van der Waals surface area contributed by atoms with E-state index in [9.17, 15) is 4.79 Å². The maximum atomic E-state index is 11.8. The fraction of sp³-hybridized carbons (Fsp3) is 0.235. The smallest absolute Gasteiger partial charge is 0.292 e. The third kappa shape index (κ3) is 3.45. The summed E-state index contributed by atoms with van der Waals surface area (Å²) in [5.74, 6) is -0.495. The van der Waals surface area contributed by atoms with Gasteiger partial charge in [-0.3, -0.25) is 4.89 Å². The molecule has 0 bridgehead atoms. The van der Waals surface area contributed by atoms with Crippen LogP contribution in [0.5, 0.6) is 0 Å². The standard InChI is InChI=1S/C17H18O3/c1-13-9-11-15(12-10-13)17(2,3)20-19-16(18)14-7-5-4-6-8-14/h4-12H,1-3H3. The van der Waals surface area contributed by atoms with E-state index in [1.807, 2.05) is 51.1 Å². The van der Waals surface area contributed by atoms with Crippen LogP contribution in [0.15, 0.2) is 54.6 Å².